The summed E-state index contributed by atoms with van der Waals surface area (Å²) in [5, 5.41) is 0. The van der Waals surface area contributed by atoms with Gasteiger partial charge in [0.25, 0.3) is 0 Å². The summed E-state index contributed by atoms with van der Waals surface area (Å²) < 4.78 is 5.29. The second-order valence-electron chi connectivity index (χ2n) is 3.13. The number of pyridine rings is 1. The Morgan fingerprint density at radius 2 is 2.08 bits per heavy atom. The highest BCUT2D eigenvalue weighted by Gasteiger charge is 2.11. The number of ether oxygens (including phenoxy) is 1. The third-order valence-electron chi connectivity index (χ3n) is 2.46. The second-order valence-corrected chi connectivity index (χ2v) is 3.13. The van der Waals surface area contributed by atoms with E-state index >= 15 is 0 Å². The summed E-state index contributed by atoms with van der Waals surface area (Å²) in [7, 11) is 1.71. The van der Waals surface area contributed by atoms with Crippen molar-refractivity contribution in [2.75, 3.05) is 7.11 Å². The zero-order chi connectivity index (χ0) is 9.68. The van der Waals surface area contributed by atoms with E-state index < -0.39 is 0 Å². The first kappa shape index (κ1) is 10.0. The van der Waals surface area contributed by atoms with E-state index in [1.54, 1.807) is 13.3 Å². The highest BCUT2D eigenvalue weighted by atomic mass is 16.5. The summed E-state index contributed by atoms with van der Waals surface area (Å²) in [4.78, 5) is 4.13. The van der Waals surface area contributed by atoms with Gasteiger partial charge in [0.1, 0.15) is 5.75 Å². The molecule has 0 aliphatic heterocycles. The van der Waals surface area contributed by atoms with Crippen LogP contribution in [0.3, 0.4) is 0 Å². The fourth-order valence-corrected chi connectivity index (χ4v) is 1.61. The first-order chi connectivity index (χ1) is 6.33. The van der Waals surface area contributed by atoms with Gasteiger partial charge in [-0.25, -0.2) is 0 Å². The van der Waals surface area contributed by atoms with Crippen LogP contribution in [0.1, 0.15) is 38.2 Å². The molecule has 2 nitrogen and oxygen atoms in total. The number of hydrogen-bond acceptors (Lipinski definition) is 2. The number of methoxy groups -OCH3 is 1. The third-order valence-corrected chi connectivity index (χ3v) is 2.46. The second kappa shape index (κ2) is 4.85. The summed E-state index contributed by atoms with van der Waals surface area (Å²) >= 11 is 0. The standard InChI is InChI=1S/C11H17NO/c1-4-9(5-2)10-8-12-7-6-11(10)13-3/h6-9H,4-5H2,1-3H3. The molecule has 1 rings (SSSR count). The van der Waals surface area contributed by atoms with E-state index in [4.69, 9.17) is 4.74 Å². The van der Waals surface area contributed by atoms with Crippen LogP contribution in [0.25, 0.3) is 0 Å². The van der Waals surface area contributed by atoms with Crippen molar-refractivity contribution in [2.24, 2.45) is 0 Å². The minimum atomic E-state index is 0.573. The molecule has 1 aromatic heterocycles. The lowest BCUT2D eigenvalue weighted by atomic mass is 9.95. The molecular weight excluding hydrogens is 162 g/mol. The fraction of sp³-hybridized carbons (Fsp3) is 0.545. The van der Waals surface area contributed by atoms with Gasteiger partial charge < -0.3 is 4.74 Å². The average Bonchev–Trinajstić information content (AvgIpc) is 2.20. The van der Waals surface area contributed by atoms with Gasteiger partial charge in [0, 0.05) is 18.0 Å². The summed E-state index contributed by atoms with van der Waals surface area (Å²) in [6.07, 6.45) is 5.96. The van der Waals surface area contributed by atoms with E-state index in [0.717, 1.165) is 18.6 Å². The Hall–Kier alpha value is -1.05. The molecule has 1 aromatic rings. The van der Waals surface area contributed by atoms with Crippen molar-refractivity contribution in [1.82, 2.24) is 4.98 Å². The maximum Gasteiger partial charge on any atom is 0.125 e. The maximum atomic E-state index is 5.29. The molecule has 0 N–H and O–H groups in total. The molecule has 0 aromatic carbocycles. The maximum absolute atomic E-state index is 5.29. The smallest absolute Gasteiger partial charge is 0.125 e. The lowest BCUT2D eigenvalue weighted by Gasteiger charge is -2.15. The van der Waals surface area contributed by atoms with Crippen LogP contribution in [0.4, 0.5) is 0 Å². The predicted molar refractivity (Wildman–Crippen MR) is 54.1 cm³/mol. The van der Waals surface area contributed by atoms with Crippen molar-refractivity contribution in [3.05, 3.63) is 24.0 Å². The van der Waals surface area contributed by atoms with Crippen molar-refractivity contribution in [3.8, 4) is 5.75 Å². The number of hydrogen-bond donors (Lipinski definition) is 0. The lowest BCUT2D eigenvalue weighted by Crippen LogP contribution is -1.99. The Labute approximate surface area is 80.0 Å². The van der Waals surface area contributed by atoms with Gasteiger partial charge in [-0.2, -0.15) is 0 Å². The van der Waals surface area contributed by atoms with E-state index in [9.17, 15) is 0 Å². The van der Waals surface area contributed by atoms with Gasteiger partial charge in [0.05, 0.1) is 7.11 Å². The summed E-state index contributed by atoms with van der Waals surface area (Å²) in [6, 6.07) is 1.92. The molecule has 0 aliphatic rings. The molecule has 72 valence electrons. The molecule has 13 heavy (non-hydrogen) atoms. The van der Waals surface area contributed by atoms with Gasteiger partial charge in [0.2, 0.25) is 0 Å². The molecule has 0 radical (unpaired) electrons. The van der Waals surface area contributed by atoms with Crippen LogP contribution >= 0.6 is 0 Å². The summed E-state index contributed by atoms with van der Waals surface area (Å²) in [5.41, 5.74) is 1.23. The van der Waals surface area contributed by atoms with Crippen LogP contribution in [0.2, 0.25) is 0 Å². The van der Waals surface area contributed by atoms with Crippen molar-refractivity contribution in [1.29, 1.82) is 0 Å². The van der Waals surface area contributed by atoms with Crippen molar-refractivity contribution in [3.63, 3.8) is 0 Å². The summed E-state index contributed by atoms with van der Waals surface area (Å²) in [5.74, 6) is 1.53. The number of aromatic nitrogens is 1. The molecule has 0 atom stereocenters. The topological polar surface area (TPSA) is 22.1 Å². The van der Waals surface area contributed by atoms with E-state index in [0.29, 0.717) is 5.92 Å². The first-order valence-corrected chi connectivity index (χ1v) is 4.81. The van der Waals surface area contributed by atoms with Crippen LogP contribution < -0.4 is 4.74 Å². The highest BCUT2D eigenvalue weighted by Crippen LogP contribution is 2.29. The SMILES string of the molecule is CCC(CC)c1cnccc1OC. The lowest BCUT2D eigenvalue weighted by molar-refractivity contribution is 0.402. The normalized spacial score (nSPS) is 10.5. The van der Waals surface area contributed by atoms with Gasteiger partial charge in [-0.3, -0.25) is 4.98 Å². The van der Waals surface area contributed by atoms with Crippen LogP contribution in [0.15, 0.2) is 18.5 Å². The van der Waals surface area contributed by atoms with E-state index in [1.165, 1.54) is 5.56 Å². The predicted octanol–water partition coefficient (Wildman–Crippen LogP) is 2.99. The minimum absolute atomic E-state index is 0.573. The fourth-order valence-electron chi connectivity index (χ4n) is 1.61. The zero-order valence-electron chi connectivity index (χ0n) is 8.58. The number of rotatable bonds is 4. The molecule has 2 heteroatoms. The van der Waals surface area contributed by atoms with Crippen LogP contribution in [-0.2, 0) is 0 Å². The van der Waals surface area contributed by atoms with Gasteiger partial charge >= 0.3 is 0 Å². The van der Waals surface area contributed by atoms with Crippen molar-refractivity contribution < 1.29 is 4.74 Å². The van der Waals surface area contributed by atoms with Crippen LogP contribution in [0.5, 0.6) is 5.75 Å². The summed E-state index contributed by atoms with van der Waals surface area (Å²) in [6.45, 7) is 4.39. The molecular formula is C11H17NO. The highest BCUT2D eigenvalue weighted by molar-refractivity contribution is 5.33. The molecule has 1 heterocycles. The average molecular weight is 179 g/mol. The quantitative estimate of drug-likeness (QED) is 0.708. The van der Waals surface area contributed by atoms with E-state index in [2.05, 4.69) is 18.8 Å². The van der Waals surface area contributed by atoms with Gasteiger partial charge in [0.15, 0.2) is 0 Å². The Balaban J connectivity index is 2.96. The molecule has 0 saturated heterocycles. The molecule has 0 unspecified atom stereocenters. The Kier molecular flexibility index (Phi) is 3.74. The zero-order valence-corrected chi connectivity index (χ0v) is 8.58. The molecule has 0 spiro atoms. The Morgan fingerprint density at radius 3 is 2.62 bits per heavy atom. The Bertz CT molecular complexity index is 256. The Morgan fingerprint density at radius 1 is 1.38 bits per heavy atom. The number of nitrogens with zero attached hydrogens (tertiary/aromatic N) is 1. The monoisotopic (exact) mass is 179 g/mol. The van der Waals surface area contributed by atoms with E-state index in [1.807, 2.05) is 12.3 Å². The molecule has 0 bridgehead atoms. The largest absolute Gasteiger partial charge is 0.496 e. The van der Waals surface area contributed by atoms with Gasteiger partial charge in [-0.15, -0.1) is 0 Å². The van der Waals surface area contributed by atoms with Gasteiger partial charge in [-0.05, 0) is 24.8 Å². The van der Waals surface area contributed by atoms with Crippen molar-refractivity contribution >= 4 is 0 Å². The van der Waals surface area contributed by atoms with Crippen molar-refractivity contribution in [2.45, 2.75) is 32.6 Å². The molecule has 0 fully saturated rings. The molecule has 0 saturated carbocycles. The van der Waals surface area contributed by atoms with E-state index in [-0.39, 0.29) is 0 Å². The van der Waals surface area contributed by atoms with Crippen LogP contribution in [0, 0.1) is 0 Å². The third kappa shape index (κ3) is 2.20. The van der Waals surface area contributed by atoms with Crippen LogP contribution in [-0.4, -0.2) is 12.1 Å². The first-order valence-electron chi connectivity index (χ1n) is 4.81. The molecule has 0 amide bonds. The molecule has 0 aliphatic carbocycles. The minimum Gasteiger partial charge on any atom is -0.496 e. The van der Waals surface area contributed by atoms with Gasteiger partial charge in [-0.1, -0.05) is 13.8 Å².